The van der Waals surface area contributed by atoms with Gasteiger partial charge in [0.1, 0.15) is 0 Å². The second kappa shape index (κ2) is 7.92. The van der Waals surface area contributed by atoms with Crippen molar-refractivity contribution in [2.45, 2.75) is 13.0 Å². The molecule has 3 aromatic rings. The molecule has 0 bridgehead atoms. The number of halogens is 1. The zero-order valence-electron chi connectivity index (χ0n) is 14.8. The van der Waals surface area contributed by atoms with E-state index in [1.807, 2.05) is 46.7 Å². The summed E-state index contributed by atoms with van der Waals surface area (Å²) in [6.45, 7) is 5.00. The highest BCUT2D eigenvalue weighted by molar-refractivity contribution is 9.11. The second-order valence-electron chi connectivity index (χ2n) is 6.47. The number of piperazine rings is 1. The third kappa shape index (κ3) is 3.97. The molecule has 6 nitrogen and oxygen atoms in total. The molecule has 140 valence electrons. The fourth-order valence-electron chi connectivity index (χ4n) is 3.18. The van der Waals surface area contributed by atoms with Crippen LogP contribution in [0.5, 0.6) is 0 Å². The van der Waals surface area contributed by atoms with Gasteiger partial charge in [-0.2, -0.15) is 4.98 Å². The Morgan fingerprint density at radius 1 is 1.22 bits per heavy atom. The molecule has 1 aromatic carbocycles. The van der Waals surface area contributed by atoms with E-state index in [0.29, 0.717) is 24.8 Å². The Bertz CT molecular complexity index is 919. The summed E-state index contributed by atoms with van der Waals surface area (Å²) in [7, 11) is 0. The van der Waals surface area contributed by atoms with Crippen LogP contribution in [-0.2, 0) is 0 Å². The molecule has 1 aliphatic rings. The number of nitrogens with zero attached hydrogens (tertiary/aromatic N) is 4. The van der Waals surface area contributed by atoms with Crippen molar-refractivity contribution in [1.29, 1.82) is 0 Å². The van der Waals surface area contributed by atoms with E-state index in [1.54, 1.807) is 0 Å². The molecule has 1 atom stereocenters. The van der Waals surface area contributed by atoms with Crippen molar-refractivity contribution in [3.63, 3.8) is 0 Å². The van der Waals surface area contributed by atoms with Gasteiger partial charge in [0.2, 0.25) is 11.7 Å². The van der Waals surface area contributed by atoms with Crippen molar-refractivity contribution in [2.24, 2.45) is 0 Å². The van der Waals surface area contributed by atoms with Crippen molar-refractivity contribution >= 4 is 33.2 Å². The van der Waals surface area contributed by atoms with Crippen molar-refractivity contribution in [3.8, 4) is 11.4 Å². The minimum absolute atomic E-state index is 0.0162. The number of carbonyl (C=O) groups is 1. The monoisotopic (exact) mass is 446 g/mol. The standard InChI is InChI=1S/C19H19BrN4O2S/c1-13(18-21-17(22-26-18)14-5-3-2-4-6-14)23-7-9-24(10-8-23)19(25)15-11-16(20)27-12-15/h2-6,11-13H,7-10H2,1H3. The predicted molar refractivity (Wildman–Crippen MR) is 108 cm³/mol. The molecule has 0 spiro atoms. The van der Waals surface area contributed by atoms with Crippen LogP contribution in [0.1, 0.15) is 29.2 Å². The summed E-state index contributed by atoms with van der Waals surface area (Å²) in [5, 5.41) is 6.00. The van der Waals surface area contributed by atoms with Crippen molar-refractivity contribution < 1.29 is 9.32 Å². The molecule has 4 rings (SSSR count). The molecule has 1 unspecified atom stereocenters. The van der Waals surface area contributed by atoms with E-state index in [2.05, 4.69) is 37.9 Å². The molecule has 0 N–H and O–H groups in total. The van der Waals surface area contributed by atoms with E-state index in [1.165, 1.54) is 11.3 Å². The topological polar surface area (TPSA) is 62.5 Å². The average Bonchev–Trinajstić information content (AvgIpc) is 3.37. The maximum atomic E-state index is 12.6. The molecule has 1 aliphatic heterocycles. The van der Waals surface area contributed by atoms with Gasteiger partial charge in [-0.15, -0.1) is 11.3 Å². The zero-order valence-corrected chi connectivity index (χ0v) is 17.2. The highest BCUT2D eigenvalue weighted by Gasteiger charge is 2.28. The predicted octanol–water partition coefficient (Wildman–Crippen LogP) is 4.08. The van der Waals surface area contributed by atoms with Crippen LogP contribution in [0, 0.1) is 0 Å². The molecule has 1 fully saturated rings. The van der Waals surface area contributed by atoms with Crippen molar-refractivity contribution in [1.82, 2.24) is 19.9 Å². The lowest BCUT2D eigenvalue weighted by molar-refractivity contribution is 0.0552. The summed E-state index contributed by atoms with van der Waals surface area (Å²) in [5.74, 6) is 1.30. The number of aromatic nitrogens is 2. The minimum atomic E-state index is 0.0162. The van der Waals surface area contributed by atoms with Crippen LogP contribution < -0.4 is 0 Å². The first kappa shape index (κ1) is 18.3. The fourth-order valence-corrected chi connectivity index (χ4v) is 4.31. The van der Waals surface area contributed by atoms with Crippen LogP contribution in [0.4, 0.5) is 0 Å². The van der Waals surface area contributed by atoms with Gasteiger partial charge in [0.15, 0.2) is 0 Å². The normalized spacial score (nSPS) is 16.4. The van der Waals surface area contributed by atoms with Crippen LogP contribution in [-0.4, -0.2) is 52.0 Å². The van der Waals surface area contributed by atoms with Gasteiger partial charge >= 0.3 is 0 Å². The van der Waals surface area contributed by atoms with Crippen LogP contribution in [0.3, 0.4) is 0 Å². The third-order valence-corrected chi connectivity index (χ3v) is 6.30. The molecule has 1 amide bonds. The number of hydrogen-bond donors (Lipinski definition) is 0. The second-order valence-corrected chi connectivity index (χ2v) is 8.76. The van der Waals surface area contributed by atoms with Gasteiger partial charge in [-0.3, -0.25) is 9.69 Å². The summed E-state index contributed by atoms with van der Waals surface area (Å²) >= 11 is 4.95. The lowest BCUT2D eigenvalue weighted by atomic mass is 10.2. The van der Waals surface area contributed by atoms with Gasteiger partial charge in [0, 0.05) is 37.1 Å². The van der Waals surface area contributed by atoms with E-state index in [-0.39, 0.29) is 11.9 Å². The third-order valence-electron chi connectivity index (χ3n) is 4.79. The van der Waals surface area contributed by atoms with E-state index >= 15 is 0 Å². The summed E-state index contributed by atoms with van der Waals surface area (Å²) in [5.41, 5.74) is 1.69. The van der Waals surface area contributed by atoms with Crippen LogP contribution in [0.15, 0.2) is 50.1 Å². The maximum absolute atomic E-state index is 12.6. The molecule has 1 saturated heterocycles. The SMILES string of the molecule is CC(c1nc(-c2ccccc2)no1)N1CCN(C(=O)c2csc(Br)c2)CC1. The number of rotatable bonds is 4. The molecule has 27 heavy (non-hydrogen) atoms. The molecule has 0 saturated carbocycles. The first-order valence-electron chi connectivity index (χ1n) is 8.78. The quantitative estimate of drug-likeness (QED) is 0.603. The Balaban J connectivity index is 1.38. The van der Waals surface area contributed by atoms with Gasteiger partial charge in [0.25, 0.3) is 5.91 Å². The van der Waals surface area contributed by atoms with E-state index in [4.69, 9.17) is 4.52 Å². The molecule has 3 heterocycles. The lowest BCUT2D eigenvalue weighted by Gasteiger charge is -2.36. The summed E-state index contributed by atoms with van der Waals surface area (Å²) < 4.78 is 6.47. The molecule has 2 aromatic heterocycles. The largest absolute Gasteiger partial charge is 0.337 e. The van der Waals surface area contributed by atoms with Crippen LogP contribution in [0.25, 0.3) is 11.4 Å². The van der Waals surface area contributed by atoms with Gasteiger partial charge in [-0.25, -0.2) is 0 Å². The molecule has 8 heteroatoms. The molecule has 0 radical (unpaired) electrons. The van der Waals surface area contributed by atoms with Gasteiger partial charge in [-0.05, 0) is 28.9 Å². The number of thiophene rings is 1. The van der Waals surface area contributed by atoms with Crippen LogP contribution in [0.2, 0.25) is 0 Å². The smallest absolute Gasteiger partial charge is 0.254 e. The Kier molecular flexibility index (Phi) is 5.38. The first-order chi connectivity index (χ1) is 13.1. The maximum Gasteiger partial charge on any atom is 0.254 e. The highest BCUT2D eigenvalue weighted by atomic mass is 79.9. The highest BCUT2D eigenvalue weighted by Crippen LogP contribution is 2.25. The number of carbonyl (C=O) groups excluding carboxylic acids is 1. The summed E-state index contributed by atoms with van der Waals surface area (Å²) in [4.78, 5) is 21.3. The number of hydrogen-bond acceptors (Lipinski definition) is 6. The molecule has 0 aliphatic carbocycles. The van der Waals surface area contributed by atoms with E-state index in [9.17, 15) is 4.79 Å². The van der Waals surface area contributed by atoms with Crippen LogP contribution >= 0.6 is 27.3 Å². The Hall–Kier alpha value is -2.03. The Labute approximate surface area is 169 Å². The van der Waals surface area contributed by atoms with Crippen molar-refractivity contribution in [2.75, 3.05) is 26.2 Å². The number of benzene rings is 1. The van der Waals surface area contributed by atoms with Gasteiger partial charge in [-0.1, -0.05) is 35.5 Å². The first-order valence-corrected chi connectivity index (χ1v) is 10.5. The Morgan fingerprint density at radius 3 is 2.63 bits per heavy atom. The minimum Gasteiger partial charge on any atom is -0.337 e. The molecular weight excluding hydrogens is 428 g/mol. The van der Waals surface area contributed by atoms with Gasteiger partial charge in [0.05, 0.1) is 15.4 Å². The summed E-state index contributed by atoms with van der Waals surface area (Å²) in [6, 6.07) is 11.7. The van der Waals surface area contributed by atoms with Gasteiger partial charge < -0.3 is 9.42 Å². The molecular formula is C19H19BrN4O2S. The van der Waals surface area contributed by atoms with E-state index < -0.39 is 0 Å². The van der Waals surface area contributed by atoms with Crippen molar-refractivity contribution in [3.05, 3.63) is 57.0 Å². The lowest BCUT2D eigenvalue weighted by Crippen LogP contribution is -2.49. The Morgan fingerprint density at radius 2 is 1.96 bits per heavy atom. The average molecular weight is 447 g/mol. The zero-order chi connectivity index (χ0) is 18.8. The van der Waals surface area contributed by atoms with E-state index in [0.717, 1.165) is 28.0 Å². The number of amides is 1. The summed E-state index contributed by atoms with van der Waals surface area (Å²) in [6.07, 6.45) is 0. The fraction of sp³-hybridized carbons (Fsp3) is 0.316.